The average molecular weight is 400 g/mol. The number of benzene rings is 1. The Morgan fingerprint density at radius 1 is 0.893 bits per heavy atom. The fourth-order valence-electron chi connectivity index (χ4n) is 3.76. The van der Waals surface area contributed by atoms with Gasteiger partial charge in [0, 0.05) is 74.8 Å². The molecule has 2 aliphatic heterocycles. The van der Waals surface area contributed by atoms with Crippen molar-refractivity contribution < 1.29 is 4.79 Å². The lowest BCUT2D eigenvalue weighted by Gasteiger charge is -2.36. The van der Waals surface area contributed by atoms with Crippen LogP contribution in [0.1, 0.15) is 10.4 Å². The Kier molecular flexibility index (Phi) is 5.69. The Morgan fingerprint density at radius 2 is 1.54 bits per heavy atom. The van der Waals surface area contributed by atoms with Gasteiger partial charge in [-0.25, -0.2) is 4.98 Å². The van der Waals surface area contributed by atoms with Crippen molar-refractivity contribution in [3.63, 3.8) is 0 Å². The van der Waals surface area contributed by atoms with E-state index in [1.807, 2.05) is 41.3 Å². The topological polar surface area (TPSA) is 42.9 Å². The summed E-state index contributed by atoms with van der Waals surface area (Å²) in [5.41, 5.74) is 1.88. The number of rotatable bonds is 3. The van der Waals surface area contributed by atoms with Crippen LogP contribution in [0.15, 0.2) is 42.6 Å². The molecule has 2 saturated heterocycles. The van der Waals surface area contributed by atoms with E-state index in [2.05, 4.69) is 26.7 Å². The van der Waals surface area contributed by atoms with Crippen molar-refractivity contribution in [1.29, 1.82) is 0 Å². The molecule has 0 atom stereocenters. The molecule has 0 bridgehead atoms. The average Bonchev–Trinajstić information content (AvgIpc) is 2.74. The fraction of sp³-hybridized carbons (Fsp3) is 0.429. The number of pyridine rings is 1. The number of hydrogen-bond donors (Lipinski definition) is 0. The van der Waals surface area contributed by atoms with Gasteiger partial charge in [-0.3, -0.25) is 4.79 Å². The van der Waals surface area contributed by atoms with Crippen molar-refractivity contribution >= 4 is 29.0 Å². The minimum atomic E-state index is 0.0912. The van der Waals surface area contributed by atoms with Gasteiger partial charge in [0.05, 0.1) is 0 Å². The molecule has 0 N–H and O–H groups in total. The summed E-state index contributed by atoms with van der Waals surface area (Å²) in [5, 5.41) is 0.742. The zero-order valence-corrected chi connectivity index (χ0v) is 17.0. The molecule has 28 heavy (non-hydrogen) atoms. The van der Waals surface area contributed by atoms with Gasteiger partial charge >= 0.3 is 0 Å². The van der Waals surface area contributed by atoms with Crippen LogP contribution in [0.5, 0.6) is 0 Å². The van der Waals surface area contributed by atoms with Gasteiger partial charge in [0.25, 0.3) is 5.91 Å². The number of carbonyl (C=O) groups excluding carboxylic acids is 1. The van der Waals surface area contributed by atoms with Gasteiger partial charge in [0.2, 0.25) is 0 Å². The van der Waals surface area contributed by atoms with E-state index >= 15 is 0 Å². The third-order valence-corrected chi connectivity index (χ3v) is 5.83. The molecule has 1 aromatic heterocycles. The molecule has 6 nitrogen and oxygen atoms in total. The van der Waals surface area contributed by atoms with Crippen LogP contribution in [0.4, 0.5) is 11.5 Å². The zero-order chi connectivity index (χ0) is 19.5. The predicted octanol–water partition coefficient (Wildman–Crippen LogP) is 2.45. The highest BCUT2D eigenvalue weighted by molar-refractivity contribution is 6.30. The molecule has 4 rings (SSSR count). The number of likely N-dealkylation sites (N-methyl/N-ethyl adjacent to an activating group) is 1. The standard InChI is InChI=1S/C21H26ClN5O/c1-24-8-10-26(11-9-24)20-16-17(6-7-23-20)21(28)27-14-12-25(13-15-27)19-4-2-18(22)3-5-19/h2-7,16H,8-15H2,1H3. The summed E-state index contributed by atoms with van der Waals surface area (Å²) in [6.07, 6.45) is 1.75. The first kappa shape index (κ1) is 19.0. The lowest BCUT2D eigenvalue weighted by molar-refractivity contribution is 0.0746. The molecule has 3 heterocycles. The van der Waals surface area contributed by atoms with Crippen molar-refractivity contribution in [2.75, 3.05) is 69.2 Å². The molecule has 1 amide bonds. The number of halogens is 1. The predicted molar refractivity (Wildman–Crippen MR) is 114 cm³/mol. The fourth-order valence-corrected chi connectivity index (χ4v) is 3.89. The van der Waals surface area contributed by atoms with E-state index in [1.165, 1.54) is 0 Å². The van der Waals surface area contributed by atoms with Gasteiger partial charge in [0.1, 0.15) is 5.82 Å². The second-order valence-corrected chi connectivity index (χ2v) is 7.89. The van der Waals surface area contributed by atoms with E-state index in [4.69, 9.17) is 11.6 Å². The Labute approximate surface area is 171 Å². The molecule has 0 radical (unpaired) electrons. The van der Waals surface area contributed by atoms with Crippen LogP contribution in [-0.4, -0.2) is 80.1 Å². The smallest absolute Gasteiger partial charge is 0.254 e. The first-order valence-electron chi connectivity index (χ1n) is 9.79. The first-order valence-corrected chi connectivity index (χ1v) is 10.2. The molecule has 0 saturated carbocycles. The van der Waals surface area contributed by atoms with Gasteiger partial charge in [-0.2, -0.15) is 0 Å². The maximum Gasteiger partial charge on any atom is 0.254 e. The van der Waals surface area contributed by atoms with E-state index in [9.17, 15) is 4.79 Å². The Bertz CT molecular complexity index is 812. The Hall–Kier alpha value is -2.31. The lowest BCUT2D eigenvalue weighted by Crippen LogP contribution is -2.49. The Morgan fingerprint density at radius 3 is 2.21 bits per heavy atom. The van der Waals surface area contributed by atoms with E-state index < -0.39 is 0 Å². The summed E-state index contributed by atoms with van der Waals surface area (Å²) in [6.45, 7) is 7.01. The molecule has 0 spiro atoms. The summed E-state index contributed by atoms with van der Waals surface area (Å²) in [6, 6.07) is 11.7. The molecule has 0 aliphatic carbocycles. The third kappa shape index (κ3) is 4.23. The molecule has 2 fully saturated rings. The molecular formula is C21H26ClN5O. The third-order valence-electron chi connectivity index (χ3n) is 5.58. The van der Waals surface area contributed by atoms with E-state index in [0.29, 0.717) is 13.1 Å². The van der Waals surface area contributed by atoms with Gasteiger partial charge in [-0.05, 0) is 43.4 Å². The number of aromatic nitrogens is 1. The highest BCUT2D eigenvalue weighted by Crippen LogP contribution is 2.21. The summed E-state index contributed by atoms with van der Waals surface area (Å²) in [7, 11) is 2.13. The number of hydrogen-bond acceptors (Lipinski definition) is 5. The maximum atomic E-state index is 13.0. The second-order valence-electron chi connectivity index (χ2n) is 7.45. The van der Waals surface area contributed by atoms with Crippen LogP contribution in [0, 0.1) is 0 Å². The zero-order valence-electron chi connectivity index (χ0n) is 16.2. The number of anilines is 2. The number of piperazine rings is 2. The summed E-state index contributed by atoms with van der Waals surface area (Å²) in [5.74, 6) is 0.993. The summed E-state index contributed by atoms with van der Waals surface area (Å²) in [4.78, 5) is 26.3. The number of nitrogens with zero attached hydrogens (tertiary/aromatic N) is 5. The highest BCUT2D eigenvalue weighted by atomic mass is 35.5. The van der Waals surface area contributed by atoms with E-state index in [0.717, 1.165) is 61.4 Å². The quantitative estimate of drug-likeness (QED) is 0.793. The monoisotopic (exact) mass is 399 g/mol. The Balaban J connectivity index is 1.38. The highest BCUT2D eigenvalue weighted by Gasteiger charge is 2.23. The summed E-state index contributed by atoms with van der Waals surface area (Å²) >= 11 is 5.98. The van der Waals surface area contributed by atoms with Gasteiger partial charge < -0.3 is 19.6 Å². The molecule has 148 valence electrons. The number of carbonyl (C=O) groups is 1. The van der Waals surface area contributed by atoms with E-state index in [-0.39, 0.29) is 5.91 Å². The minimum Gasteiger partial charge on any atom is -0.368 e. The van der Waals surface area contributed by atoms with Crippen molar-refractivity contribution in [3.8, 4) is 0 Å². The van der Waals surface area contributed by atoms with Gasteiger partial charge in [0.15, 0.2) is 0 Å². The normalized spacial score (nSPS) is 18.4. The van der Waals surface area contributed by atoms with Crippen LogP contribution in [-0.2, 0) is 0 Å². The first-order chi connectivity index (χ1) is 13.6. The van der Waals surface area contributed by atoms with Crippen LogP contribution in [0.25, 0.3) is 0 Å². The molecule has 2 aromatic rings. The lowest BCUT2D eigenvalue weighted by atomic mass is 10.2. The second kappa shape index (κ2) is 8.37. The molecule has 7 heteroatoms. The van der Waals surface area contributed by atoms with Crippen LogP contribution < -0.4 is 9.80 Å². The molecule has 2 aliphatic rings. The minimum absolute atomic E-state index is 0.0912. The molecule has 1 aromatic carbocycles. The largest absolute Gasteiger partial charge is 0.368 e. The van der Waals surface area contributed by atoms with Crippen molar-refractivity contribution in [2.45, 2.75) is 0 Å². The maximum absolute atomic E-state index is 13.0. The van der Waals surface area contributed by atoms with Gasteiger partial charge in [-0.15, -0.1) is 0 Å². The molecular weight excluding hydrogens is 374 g/mol. The van der Waals surface area contributed by atoms with Crippen molar-refractivity contribution in [1.82, 2.24) is 14.8 Å². The molecule has 0 unspecified atom stereocenters. The van der Waals surface area contributed by atoms with Crippen molar-refractivity contribution in [3.05, 3.63) is 53.2 Å². The summed E-state index contributed by atoms with van der Waals surface area (Å²) < 4.78 is 0. The van der Waals surface area contributed by atoms with Crippen LogP contribution in [0.3, 0.4) is 0 Å². The van der Waals surface area contributed by atoms with Crippen LogP contribution in [0.2, 0.25) is 5.02 Å². The number of amides is 1. The van der Waals surface area contributed by atoms with Gasteiger partial charge in [-0.1, -0.05) is 11.6 Å². The van der Waals surface area contributed by atoms with Crippen molar-refractivity contribution in [2.24, 2.45) is 0 Å². The SMILES string of the molecule is CN1CCN(c2cc(C(=O)N3CCN(c4ccc(Cl)cc4)CC3)ccn2)CC1. The van der Waals surface area contributed by atoms with Crippen LogP contribution >= 0.6 is 11.6 Å². The van der Waals surface area contributed by atoms with E-state index in [1.54, 1.807) is 6.20 Å².